The molecule has 1 aliphatic heterocycles. The fourth-order valence-electron chi connectivity index (χ4n) is 4.84. The van der Waals surface area contributed by atoms with Gasteiger partial charge in [-0.15, -0.1) is 0 Å². The normalized spacial score (nSPS) is 16.1. The molecule has 2 aromatic carbocycles. The quantitative estimate of drug-likeness (QED) is 0.582. The Labute approximate surface area is 204 Å². The molecule has 34 heavy (non-hydrogen) atoms. The highest BCUT2D eigenvalue weighted by Gasteiger charge is 2.34. The van der Waals surface area contributed by atoms with Crippen molar-refractivity contribution < 1.29 is 13.2 Å². The van der Waals surface area contributed by atoms with E-state index in [9.17, 15) is 13.2 Å². The Kier molecular flexibility index (Phi) is 6.22. The van der Waals surface area contributed by atoms with Gasteiger partial charge in [0.15, 0.2) is 5.69 Å². The molecule has 0 saturated heterocycles. The van der Waals surface area contributed by atoms with Gasteiger partial charge < -0.3 is 5.32 Å². The lowest BCUT2D eigenvalue weighted by Crippen LogP contribution is -2.37. The number of fused-ring (bicyclic) bond motifs is 2. The number of rotatable bonds is 5. The number of halogens is 1. The maximum Gasteiger partial charge on any atom is 0.272 e. The fraction of sp³-hybridized carbons (Fsp3) is 0.360. The second-order valence-corrected chi connectivity index (χ2v) is 11.3. The van der Waals surface area contributed by atoms with Crippen molar-refractivity contribution in [3.05, 3.63) is 81.1 Å². The zero-order chi connectivity index (χ0) is 23.9. The Hall–Kier alpha value is -2.68. The monoisotopic (exact) mass is 498 g/mol. The zero-order valence-electron chi connectivity index (χ0n) is 19.1. The molecule has 1 aliphatic carbocycles. The van der Waals surface area contributed by atoms with E-state index in [1.54, 1.807) is 29.9 Å². The van der Waals surface area contributed by atoms with Crippen LogP contribution in [0.5, 0.6) is 0 Å². The van der Waals surface area contributed by atoms with Gasteiger partial charge in [-0.05, 0) is 66.6 Å². The Morgan fingerprint density at radius 1 is 1.06 bits per heavy atom. The van der Waals surface area contributed by atoms with Crippen LogP contribution < -0.4 is 5.32 Å². The van der Waals surface area contributed by atoms with Crippen LogP contribution >= 0.6 is 11.6 Å². The topological polar surface area (TPSA) is 84.3 Å². The Bertz CT molecular complexity index is 1350. The van der Waals surface area contributed by atoms with E-state index in [1.807, 2.05) is 24.3 Å². The van der Waals surface area contributed by atoms with Gasteiger partial charge in [0.2, 0.25) is 10.0 Å². The van der Waals surface area contributed by atoms with Crippen molar-refractivity contribution in [3.8, 4) is 0 Å². The highest BCUT2D eigenvalue weighted by atomic mass is 35.5. The third-order valence-electron chi connectivity index (χ3n) is 6.75. The van der Waals surface area contributed by atoms with Crippen LogP contribution in [-0.2, 0) is 49.4 Å². The number of nitrogens with zero attached hydrogens (tertiary/aromatic N) is 3. The van der Waals surface area contributed by atoms with Gasteiger partial charge in [0.1, 0.15) is 0 Å². The van der Waals surface area contributed by atoms with Crippen LogP contribution in [0.4, 0.5) is 0 Å². The van der Waals surface area contributed by atoms with Crippen LogP contribution in [0.2, 0.25) is 5.02 Å². The number of nitrogens with one attached hydrogen (secondary N) is 1. The molecule has 178 valence electrons. The van der Waals surface area contributed by atoms with Gasteiger partial charge in [0, 0.05) is 49.4 Å². The number of sulfonamides is 1. The highest BCUT2D eigenvalue weighted by Crippen LogP contribution is 2.30. The number of benzene rings is 2. The van der Waals surface area contributed by atoms with Crippen LogP contribution in [0.1, 0.15) is 51.3 Å². The van der Waals surface area contributed by atoms with Gasteiger partial charge in [-0.3, -0.25) is 9.48 Å². The van der Waals surface area contributed by atoms with Gasteiger partial charge in [0.05, 0.1) is 4.90 Å². The van der Waals surface area contributed by atoms with Crippen molar-refractivity contribution in [2.24, 2.45) is 7.05 Å². The van der Waals surface area contributed by atoms with E-state index in [4.69, 9.17) is 11.6 Å². The summed E-state index contributed by atoms with van der Waals surface area (Å²) >= 11 is 5.93. The molecule has 0 spiro atoms. The minimum absolute atomic E-state index is 0.131. The second-order valence-electron chi connectivity index (χ2n) is 8.93. The van der Waals surface area contributed by atoms with E-state index in [0.29, 0.717) is 35.0 Å². The molecule has 2 aliphatic rings. The summed E-state index contributed by atoms with van der Waals surface area (Å²) in [5.41, 5.74) is 5.14. The number of carbonyl (C=O) groups is 1. The molecule has 0 atom stereocenters. The maximum absolute atomic E-state index is 13.5. The lowest BCUT2D eigenvalue weighted by atomic mass is 9.92. The first-order chi connectivity index (χ1) is 16.3. The third-order valence-corrected chi connectivity index (χ3v) is 8.84. The Morgan fingerprint density at radius 3 is 2.56 bits per heavy atom. The summed E-state index contributed by atoms with van der Waals surface area (Å²) in [6, 6.07) is 12.8. The minimum atomic E-state index is -3.68. The molecular formula is C25H27ClN4O3S. The molecule has 1 N–H and O–H groups in total. The third kappa shape index (κ3) is 4.37. The van der Waals surface area contributed by atoms with Crippen molar-refractivity contribution in [2.75, 3.05) is 6.54 Å². The molecular weight excluding hydrogens is 472 g/mol. The predicted octanol–water partition coefficient (Wildman–Crippen LogP) is 3.63. The summed E-state index contributed by atoms with van der Waals surface area (Å²) in [6.45, 7) is 0.822. The molecule has 5 rings (SSSR count). The van der Waals surface area contributed by atoms with Crippen molar-refractivity contribution in [1.29, 1.82) is 0 Å². The van der Waals surface area contributed by atoms with Crippen LogP contribution in [0, 0.1) is 0 Å². The predicted molar refractivity (Wildman–Crippen MR) is 130 cm³/mol. The SMILES string of the molecule is Cn1nc(C(=O)NCc2ccc(Cl)cc2)c2c1CCN(S(=O)(=O)c1ccc3c(c1)CCCC3)C2. The molecule has 7 nitrogen and oxygen atoms in total. The van der Waals surface area contributed by atoms with Crippen LogP contribution in [-0.4, -0.2) is 35.0 Å². The van der Waals surface area contributed by atoms with Gasteiger partial charge in [0.25, 0.3) is 5.91 Å². The summed E-state index contributed by atoms with van der Waals surface area (Å²) in [7, 11) is -1.88. The van der Waals surface area contributed by atoms with Crippen LogP contribution in [0.3, 0.4) is 0 Å². The lowest BCUT2D eigenvalue weighted by Gasteiger charge is -2.27. The standard InChI is InChI=1S/C25H27ClN4O3S/c1-29-23-12-13-30(34(32,33)21-11-8-18-4-2-3-5-19(18)14-21)16-22(23)24(28-29)25(31)27-15-17-6-9-20(26)10-7-17/h6-11,14H,2-5,12-13,15-16H2,1H3,(H,27,31). The van der Waals surface area contributed by atoms with E-state index in [2.05, 4.69) is 10.4 Å². The Balaban J connectivity index is 1.37. The first-order valence-corrected chi connectivity index (χ1v) is 13.3. The van der Waals surface area contributed by atoms with E-state index in [0.717, 1.165) is 42.5 Å². The number of carbonyl (C=O) groups excluding carboxylic acids is 1. The molecule has 0 fully saturated rings. The number of hydrogen-bond donors (Lipinski definition) is 1. The molecule has 3 aromatic rings. The fourth-order valence-corrected chi connectivity index (χ4v) is 6.43. The minimum Gasteiger partial charge on any atom is -0.347 e. The molecule has 1 aromatic heterocycles. The van der Waals surface area contributed by atoms with E-state index >= 15 is 0 Å². The first kappa shape index (κ1) is 23.1. The molecule has 0 saturated carbocycles. The smallest absolute Gasteiger partial charge is 0.272 e. The van der Waals surface area contributed by atoms with Gasteiger partial charge >= 0.3 is 0 Å². The van der Waals surface area contributed by atoms with Crippen LogP contribution in [0.15, 0.2) is 47.4 Å². The maximum atomic E-state index is 13.5. The molecule has 0 radical (unpaired) electrons. The summed E-state index contributed by atoms with van der Waals surface area (Å²) in [6.07, 6.45) is 4.68. The summed E-state index contributed by atoms with van der Waals surface area (Å²) in [4.78, 5) is 13.3. The molecule has 0 unspecified atom stereocenters. The average molecular weight is 499 g/mol. The van der Waals surface area contributed by atoms with Crippen molar-refractivity contribution in [3.63, 3.8) is 0 Å². The van der Waals surface area contributed by atoms with E-state index < -0.39 is 10.0 Å². The van der Waals surface area contributed by atoms with Crippen molar-refractivity contribution >= 4 is 27.5 Å². The van der Waals surface area contributed by atoms with Crippen molar-refractivity contribution in [1.82, 2.24) is 19.4 Å². The number of amides is 1. The first-order valence-electron chi connectivity index (χ1n) is 11.5. The van der Waals surface area contributed by atoms with Crippen molar-refractivity contribution in [2.45, 2.75) is 50.1 Å². The lowest BCUT2D eigenvalue weighted by molar-refractivity contribution is 0.0943. The van der Waals surface area contributed by atoms with E-state index in [-0.39, 0.29) is 18.1 Å². The largest absolute Gasteiger partial charge is 0.347 e. The van der Waals surface area contributed by atoms with Crippen LogP contribution in [0.25, 0.3) is 0 Å². The number of aromatic nitrogens is 2. The summed E-state index contributed by atoms with van der Waals surface area (Å²) < 4.78 is 30.2. The molecule has 0 bridgehead atoms. The zero-order valence-corrected chi connectivity index (χ0v) is 20.6. The second kappa shape index (κ2) is 9.17. The summed E-state index contributed by atoms with van der Waals surface area (Å²) in [5.74, 6) is -0.320. The molecule has 9 heteroatoms. The van der Waals surface area contributed by atoms with Gasteiger partial charge in [-0.1, -0.05) is 29.8 Å². The molecule has 2 heterocycles. The number of aryl methyl sites for hydroxylation is 3. The van der Waals surface area contributed by atoms with Gasteiger partial charge in [-0.25, -0.2) is 8.42 Å². The Morgan fingerprint density at radius 2 is 1.79 bits per heavy atom. The number of hydrogen-bond acceptors (Lipinski definition) is 4. The average Bonchev–Trinajstić information content (AvgIpc) is 3.19. The summed E-state index contributed by atoms with van der Waals surface area (Å²) in [5, 5.41) is 7.95. The highest BCUT2D eigenvalue weighted by molar-refractivity contribution is 7.89. The molecule has 1 amide bonds. The van der Waals surface area contributed by atoms with Gasteiger partial charge in [-0.2, -0.15) is 9.40 Å². The van der Waals surface area contributed by atoms with E-state index in [1.165, 1.54) is 9.87 Å².